The third-order valence-electron chi connectivity index (χ3n) is 4.36. The number of halogens is 1. The van der Waals surface area contributed by atoms with Crippen LogP contribution in [-0.4, -0.2) is 23.7 Å². The summed E-state index contributed by atoms with van der Waals surface area (Å²) in [4.78, 5) is 1.47. The summed E-state index contributed by atoms with van der Waals surface area (Å²) in [5.41, 5.74) is 1.53. The molecule has 0 aromatic heterocycles. The molecule has 1 aliphatic carbocycles. The first-order valence-corrected chi connectivity index (χ1v) is 8.86. The maximum absolute atomic E-state index is 6.51. The Morgan fingerprint density at radius 1 is 1.16 bits per heavy atom. The summed E-state index contributed by atoms with van der Waals surface area (Å²) in [7, 11) is 0. The second-order valence-electron chi connectivity index (χ2n) is 5.71. The molecule has 1 aromatic carbocycles. The molecular weight excluding hydrogens is 274 g/mol. The van der Waals surface area contributed by atoms with Crippen molar-refractivity contribution in [2.45, 2.75) is 54.3 Å². The van der Waals surface area contributed by atoms with Gasteiger partial charge in [0, 0.05) is 34.5 Å². The fourth-order valence-corrected chi connectivity index (χ4v) is 4.81. The number of rotatable bonds is 3. The fourth-order valence-electron chi connectivity index (χ4n) is 3.18. The zero-order valence-corrected chi connectivity index (χ0v) is 12.8. The van der Waals surface area contributed by atoms with Crippen LogP contribution in [0.1, 0.15) is 43.6 Å². The summed E-state index contributed by atoms with van der Waals surface area (Å²) < 4.78 is 0. The van der Waals surface area contributed by atoms with Gasteiger partial charge >= 0.3 is 0 Å². The van der Waals surface area contributed by atoms with Gasteiger partial charge in [0.2, 0.25) is 0 Å². The van der Waals surface area contributed by atoms with E-state index in [1.165, 1.54) is 48.3 Å². The number of fused-ring (bicyclic) bond motifs is 1. The zero-order valence-electron chi connectivity index (χ0n) is 11.3. The van der Waals surface area contributed by atoms with Crippen molar-refractivity contribution in [1.29, 1.82) is 0 Å². The molecule has 1 saturated carbocycles. The third-order valence-corrected chi connectivity index (χ3v) is 6.13. The van der Waals surface area contributed by atoms with Crippen LogP contribution in [0.25, 0.3) is 0 Å². The van der Waals surface area contributed by atoms with Crippen LogP contribution in [0.3, 0.4) is 0 Å². The summed E-state index contributed by atoms with van der Waals surface area (Å²) in [5.74, 6) is 1.87. The maximum atomic E-state index is 6.51. The van der Waals surface area contributed by atoms with Gasteiger partial charge in [0.25, 0.3) is 0 Å². The molecule has 2 aliphatic rings. The Hall–Kier alpha value is -0.180. The van der Waals surface area contributed by atoms with E-state index >= 15 is 0 Å². The van der Waals surface area contributed by atoms with Crippen molar-refractivity contribution in [2.75, 3.05) is 12.3 Å². The van der Waals surface area contributed by atoms with Crippen molar-refractivity contribution in [2.24, 2.45) is 0 Å². The van der Waals surface area contributed by atoms with Crippen LogP contribution < -0.4 is 5.32 Å². The first kappa shape index (κ1) is 13.8. The van der Waals surface area contributed by atoms with Gasteiger partial charge < -0.3 is 5.32 Å². The van der Waals surface area contributed by atoms with Gasteiger partial charge in [-0.25, -0.2) is 0 Å². The molecule has 104 valence electrons. The highest BCUT2D eigenvalue weighted by atomic mass is 35.5. The molecule has 1 aliphatic heterocycles. The van der Waals surface area contributed by atoms with E-state index < -0.39 is 0 Å². The Bertz CT molecular complexity index is 423. The van der Waals surface area contributed by atoms with Gasteiger partial charge in [0.05, 0.1) is 0 Å². The van der Waals surface area contributed by atoms with Gasteiger partial charge in [0.1, 0.15) is 0 Å². The van der Waals surface area contributed by atoms with Crippen molar-refractivity contribution in [3.05, 3.63) is 29.8 Å². The van der Waals surface area contributed by atoms with Crippen LogP contribution in [0.5, 0.6) is 0 Å². The van der Waals surface area contributed by atoms with Crippen molar-refractivity contribution < 1.29 is 0 Å². The number of hydrogen-bond acceptors (Lipinski definition) is 2. The van der Waals surface area contributed by atoms with E-state index in [9.17, 15) is 0 Å². The predicted octanol–water partition coefficient (Wildman–Crippen LogP) is 4.41. The molecule has 0 saturated heterocycles. The monoisotopic (exact) mass is 295 g/mol. The molecule has 3 heteroatoms. The summed E-state index contributed by atoms with van der Waals surface area (Å²) in [6.45, 7) is 1.08. The summed E-state index contributed by atoms with van der Waals surface area (Å²) in [6.07, 6.45) is 6.40. The lowest BCUT2D eigenvalue weighted by atomic mass is 10.00. The fraction of sp³-hybridized carbons (Fsp3) is 0.625. The molecular formula is C16H22ClNS. The number of nitrogens with one attached hydrogen (secondary N) is 1. The number of hydrogen-bond donors (Lipinski definition) is 1. The zero-order chi connectivity index (χ0) is 13.1. The Morgan fingerprint density at radius 2 is 2.00 bits per heavy atom. The molecule has 3 rings (SSSR count). The molecule has 3 atom stereocenters. The van der Waals surface area contributed by atoms with Crippen LogP contribution in [0.2, 0.25) is 0 Å². The quantitative estimate of drug-likeness (QED) is 0.655. The largest absolute Gasteiger partial charge is 0.312 e. The van der Waals surface area contributed by atoms with Gasteiger partial charge in [-0.2, -0.15) is 0 Å². The molecule has 1 nitrogen and oxygen atoms in total. The van der Waals surface area contributed by atoms with E-state index in [0.29, 0.717) is 17.3 Å². The van der Waals surface area contributed by atoms with Crippen LogP contribution in [0.15, 0.2) is 29.2 Å². The summed E-state index contributed by atoms with van der Waals surface area (Å²) in [6, 6.07) is 9.35. The standard InChI is InChI=1S/C16H22ClNS/c17-14-7-2-1-3-8-15(14)18-10-12-11-19-16-9-5-4-6-13(12)16/h4-6,9,12,14-15,18H,1-3,7-8,10-11H2. The Balaban J connectivity index is 1.58. The molecule has 1 fully saturated rings. The van der Waals surface area contributed by atoms with Gasteiger partial charge in [-0.15, -0.1) is 23.4 Å². The molecule has 0 spiro atoms. The molecule has 0 bridgehead atoms. The number of alkyl halides is 1. The first-order chi connectivity index (χ1) is 9.34. The minimum Gasteiger partial charge on any atom is -0.312 e. The van der Waals surface area contributed by atoms with Gasteiger partial charge in [-0.1, -0.05) is 37.5 Å². The Morgan fingerprint density at radius 3 is 2.95 bits per heavy atom. The van der Waals surface area contributed by atoms with E-state index in [1.54, 1.807) is 0 Å². The average molecular weight is 296 g/mol. The van der Waals surface area contributed by atoms with Gasteiger partial charge in [-0.05, 0) is 24.5 Å². The van der Waals surface area contributed by atoms with Crippen molar-refractivity contribution in [3.8, 4) is 0 Å². The average Bonchev–Trinajstić information content (AvgIpc) is 2.73. The highest BCUT2D eigenvalue weighted by molar-refractivity contribution is 7.99. The lowest BCUT2D eigenvalue weighted by molar-refractivity contribution is 0.452. The van der Waals surface area contributed by atoms with Crippen LogP contribution in [-0.2, 0) is 0 Å². The van der Waals surface area contributed by atoms with Crippen molar-refractivity contribution in [1.82, 2.24) is 5.32 Å². The summed E-state index contributed by atoms with van der Waals surface area (Å²) in [5, 5.41) is 4.07. The molecule has 1 N–H and O–H groups in total. The van der Waals surface area contributed by atoms with E-state index in [2.05, 4.69) is 29.6 Å². The number of thioether (sulfide) groups is 1. The third kappa shape index (κ3) is 3.29. The molecule has 19 heavy (non-hydrogen) atoms. The lowest BCUT2D eigenvalue weighted by Crippen LogP contribution is -2.38. The molecule has 0 amide bonds. The van der Waals surface area contributed by atoms with Gasteiger partial charge in [-0.3, -0.25) is 0 Å². The molecule has 0 radical (unpaired) electrons. The second-order valence-corrected chi connectivity index (χ2v) is 7.34. The molecule has 1 heterocycles. The summed E-state index contributed by atoms with van der Waals surface area (Å²) >= 11 is 8.50. The normalized spacial score (nSPS) is 30.9. The highest BCUT2D eigenvalue weighted by Gasteiger charge is 2.26. The van der Waals surface area contributed by atoms with Gasteiger partial charge in [0.15, 0.2) is 0 Å². The first-order valence-electron chi connectivity index (χ1n) is 7.44. The van der Waals surface area contributed by atoms with Crippen molar-refractivity contribution >= 4 is 23.4 Å². The van der Waals surface area contributed by atoms with E-state index in [-0.39, 0.29) is 0 Å². The lowest BCUT2D eigenvalue weighted by Gasteiger charge is -2.23. The van der Waals surface area contributed by atoms with E-state index in [4.69, 9.17) is 11.6 Å². The van der Waals surface area contributed by atoms with E-state index in [0.717, 1.165) is 6.54 Å². The van der Waals surface area contributed by atoms with E-state index in [1.807, 2.05) is 11.8 Å². The topological polar surface area (TPSA) is 12.0 Å². The maximum Gasteiger partial charge on any atom is 0.0489 e. The molecule has 3 unspecified atom stereocenters. The second kappa shape index (κ2) is 6.51. The SMILES string of the molecule is ClC1CCCCCC1NCC1CSc2ccccc21. The van der Waals surface area contributed by atoms with Crippen LogP contribution >= 0.6 is 23.4 Å². The number of benzene rings is 1. The minimum absolute atomic E-state index is 0.326. The Labute approximate surface area is 125 Å². The molecule has 1 aromatic rings. The predicted molar refractivity (Wildman–Crippen MR) is 84.4 cm³/mol. The van der Waals surface area contributed by atoms with Crippen LogP contribution in [0.4, 0.5) is 0 Å². The highest BCUT2D eigenvalue weighted by Crippen LogP contribution is 2.39. The van der Waals surface area contributed by atoms with Crippen LogP contribution in [0, 0.1) is 0 Å². The Kier molecular flexibility index (Phi) is 4.73. The minimum atomic E-state index is 0.326. The van der Waals surface area contributed by atoms with Crippen molar-refractivity contribution in [3.63, 3.8) is 0 Å². The smallest absolute Gasteiger partial charge is 0.0489 e.